The zero-order chi connectivity index (χ0) is 18.2. The summed E-state index contributed by atoms with van der Waals surface area (Å²) in [6.45, 7) is 4.23. The van der Waals surface area contributed by atoms with Crippen LogP contribution in [0.5, 0.6) is 0 Å². The summed E-state index contributed by atoms with van der Waals surface area (Å²) in [5.74, 6) is 1.23. The number of nitrogens with zero attached hydrogens (tertiary/aromatic N) is 3. The molecule has 134 valence electrons. The molecule has 0 spiro atoms. The number of aryl methyl sites for hydroxylation is 1. The molecule has 0 saturated heterocycles. The fraction of sp³-hybridized carbons (Fsp3) is 0.500. The van der Waals surface area contributed by atoms with Gasteiger partial charge in [0.15, 0.2) is 0 Å². The third-order valence-electron chi connectivity index (χ3n) is 5.45. The molecule has 5 nitrogen and oxygen atoms in total. The Hall–Kier alpha value is -2.14. The van der Waals surface area contributed by atoms with Crippen molar-refractivity contribution in [2.75, 3.05) is 14.1 Å². The normalized spacial score (nSPS) is 16.9. The maximum Gasteiger partial charge on any atom is 0.241 e. The molecule has 1 aliphatic carbocycles. The molecule has 1 atom stereocenters. The number of hydrogen-bond acceptors (Lipinski definition) is 3. The first-order valence-corrected chi connectivity index (χ1v) is 8.87. The van der Waals surface area contributed by atoms with Gasteiger partial charge in [0.1, 0.15) is 11.4 Å². The first-order valence-electron chi connectivity index (χ1n) is 8.87. The van der Waals surface area contributed by atoms with Crippen LogP contribution in [0.4, 0.5) is 0 Å². The van der Waals surface area contributed by atoms with Crippen LogP contribution in [0, 0.1) is 5.92 Å². The van der Waals surface area contributed by atoms with Crippen LogP contribution in [0.15, 0.2) is 36.7 Å². The highest BCUT2D eigenvalue weighted by molar-refractivity contribution is 5.88. The predicted octanol–water partition coefficient (Wildman–Crippen LogP) is 2.33. The summed E-state index contributed by atoms with van der Waals surface area (Å²) >= 11 is 0. The fourth-order valence-corrected chi connectivity index (χ4v) is 3.76. The van der Waals surface area contributed by atoms with E-state index in [1.807, 2.05) is 44.0 Å². The topological polar surface area (TPSA) is 50.2 Å². The number of fused-ring (bicyclic) bond motifs is 1. The van der Waals surface area contributed by atoms with Crippen molar-refractivity contribution >= 4 is 5.91 Å². The Bertz CT molecular complexity index is 738. The number of rotatable bonds is 5. The largest absolute Gasteiger partial charge is 0.344 e. The Kier molecular flexibility index (Phi) is 4.69. The smallest absolute Gasteiger partial charge is 0.241 e. The van der Waals surface area contributed by atoms with E-state index in [1.165, 1.54) is 11.1 Å². The van der Waals surface area contributed by atoms with Crippen LogP contribution in [0.2, 0.25) is 0 Å². The van der Waals surface area contributed by atoms with Crippen LogP contribution in [-0.4, -0.2) is 40.0 Å². The lowest BCUT2D eigenvalue weighted by atomic mass is 9.91. The molecule has 1 heterocycles. The lowest BCUT2D eigenvalue weighted by Gasteiger charge is -2.36. The van der Waals surface area contributed by atoms with E-state index in [1.54, 1.807) is 6.20 Å². The van der Waals surface area contributed by atoms with E-state index in [0.29, 0.717) is 0 Å². The molecule has 1 amide bonds. The van der Waals surface area contributed by atoms with Crippen molar-refractivity contribution in [3.05, 3.63) is 53.6 Å². The predicted molar refractivity (Wildman–Crippen MR) is 99.2 cm³/mol. The molecule has 2 aromatic rings. The summed E-state index contributed by atoms with van der Waals surface area (Å²) in [5.41, 5.74) is 2.00. The van der Waals surface area contributed by atoms with Gasteiger partial charge >= 0.3 is 0 Å². The van der Waals surface area contributed by atoms with Crippen LogP contribution >= 0.6 is 0 Å². The average Bonchev–Trinajstić information content (AvgIpc) is 3.16. The van der Waals surface area contributed by atoms with Gasteiger partial charge in [-0.15, -0.1) is 0 Å². The number of aromatic nitrogens is 2. The second-order valence-electron chi connectivity index (χ2n) is 7.64. The van der Waals surface area contributed by atoms with Crippen molar-refractivity contribution in [1.29, 1.82) is 0 Å². The molecule has 1 aromatic heterocycles. The number of carbonyl (C=O) groups is 1. The minimum absolute atomic E-state index is 0.0791. The maximum atomic E-state index is 13.4. The number of amides is 1. The molecule has 1 aliphatic rings. The minimum atomic E-state index is -0.540. The average molecular weight is 340 g/mol. The molecule has 0 unspecified atom stereocenters. The lowest BCUT2D eigenvalue weighted by molar-refractivity contribution is -0.132. The highest BCUT2D eigenvalue weighted by Gasteiger charge is 2.46. The van der Waals surface area contributed by atoms with Crippen LogP contribution in [0.1, 0.15) is 36.8 Å². The van der Waals surface area contributed by atoms with Crippen LogP contribution in [0.25, 0.3) is 0 Å². The van der Waals surface area contributed by atoms with Gasteiger partial charge in [0.2, 0.25) is 5.91 Å². The number of carbonyl (C=O) groups excluding carboxylic acids is 1. The van der Waals surface area contributed by atoms with Gasteiger partial charge in [0, 0.05) is 32.3 Å². The SMILES string of the molecule is CC(C)[C@H](NC(=O)C1(N(C)C)Cc2ccccc2C1)c1nccn1C. The van der Waals surface area contributed by atoms with Crippen molar-refractivity contribution in [2.45, 2.75) is 38.3 Å². The minimum Gasteiger partial charge on any atom is -0.344 e. The van der Waals surface area contributed by atoms with Crippen LogP contribution < -0.4 is 5.32 Å². The zero-order valence-corrected chi connectivity index (χ0v) is 15.8. The van der Waals surface area contributed by atoms with E-state index in [0.717, 1.165) is 18.7 Å². The first-order chi connectivity index (χ1) is 11.8. The molecule has 0 aliphatic heterocycles. The molecular weight excluding hydrogens is 312 g/mol. The van der Waals surface area contributed by atoms with E-state index in [9.17, 15) is 4.79 Å². The number of hydrogen-bond donors (Lipinski definition) is 1. The summed E-state index contributed by atoms with van der Waals surface area (Å²) < 4.78 is 1.98. The molecule has 1 aromatic carbocycles. The summed E-state index contributed by atoms with van der Waals surface area (Å²) in [6.07, 6.45) is 5.19. The highest BCUT2D eigenvalue weighted by Crippen LogP contribution is 2.34. The first kappa shape index (κ1) is 17.7. The molecular formula is C20H28N4O. The monoisotopic (exact) mass is 340 g/mol. The van der Waals surface area contributed by atoms with Crippen LogP contribution in [0.3, 0.4) is 0 Å². The van der Waals surface area contributed by atoms with E-state index >= 15 is 0 Å². The Morgan fingerprint density at radius 2 is 1.84 bits per heavy atom. The quantitative estimate of drug-likeness (QED) is 0.909. The zero-order valence-electron chi connectivity index (χ0n) is 15.8. The Balaban J connectivity index is 1.89. The maximum absolute atomic E-state index is 13.4. The van der Waals surface area contributed by atoms with Crippen LogP contribution in [-0.2, 0) is 24.7 Å². The number of likely N-dealkylation sites (N-methyl/N-ethyl adjacent to an activating group) is 1. The second kappa shape index (κ2) is 6.64. The summed E-state index contributed by atoms with van der Waals surface area (Å²) in [6, 6.07) is 8.26. The summed E-state index contributed by atoms with van der Waals surface area (Å²) in [4.78, 5) is 19.9. The Labute approximate surface area is 150 Å². The number of nitrogens with one attached hydrogen (secondary N) is 1. The van der Waals surface area contributed by atoms with Gasteiger partial charge < -0.3 is 9.88 Å². The molecule has 0 fully saturated rings. The second-order valence-corrected chi connectivity index (χ2v) is 7.64. The van der Waals surface area contributed by atoms with E-state index < -0.39 is 5.54 Å². The number of benzene rings is 1. The molecule has 1 N–H and O–H groups in total. The van der Waals surface area contributed by atoms with Crippen molar-refractivity contribution in [1.82, 2.24) is 19.8 Å². The molecule has 5 heteroatoms. The number of imidazole rings is 1. The van der Waals surface area contributed by atoms with Gasteiger partial charge in [0.05, 0.1) is 6.04 Å². The Morgan fingerprint density at radius 3 is 2.28 bits per heavy atom. The van der Waals surface area contributed by atoms with Gasteiger partial charge in [-0.3, -0.25) is 9.69 Å². The van der Waals surface area contributed by atoms with Gasteiger partial charge in [-0.25, -0.2) is 4.98 Å². The lowest BCUT2D eigenvalue weighted by Crippen LogP contribution is -2.58. The summed E-state index contributed by atoms with van der Waals surface area (Å²) in [7, 11) is 5.96. The van der Waals surface area contributed by atoms with Crippen molar-refractivity contribution in [2.24, 2.45) is 13.0 Å². The highest BCUT2D eigenvalue weighted by atomic mass is 16.2. The van der Waals surface area contributed by atoms with E-state index in [4.69, 9.17) is 0 Å². The standard InChI is InChI=1S/C20H28N4O/c1-14(2)17(18-21-10-11-24(18)5)22-19(25)20(23(3)4)12-15-8-6-7-9-16(15)13-20/h6-11,14,17H,12-13H2,1-5H3,(H,22,25)/t17-/m0/s1. The van der Waals surface area contributed by atoms with E-state index in [2.05, 4.69) is 41.2 Å². The van der Waals surface area contributed by atoms with Gasteiger partial charge in [-0.05, 0) is 31.1 Å². The third kappa shape index (κ3) is 3.09. The Morgan fingerprint density at radius 1 is 1.24 bits per heavy atom. The van der Waals surface area contributed by atoms with Crippen molar-refractivity contribution in [3.8, 4) is 0 Å². The van der Waals surface area contributed by atoms with Gasteiger partial charge in [-0.1, -0.05) is 38.1 Å². The summed E-state index contributed by atoms with van der Waals surface area (Å²) in [5, 5.41) is 3.29. The van der Waals surface area contributed by atoms with E-state index in [-0.39, 0.29) is 17.9 Å². The molecule has 0 saturated carbocycles. The van der Waals surface area contributed by atoms with Gasteiger partial charge in [0.25, 0.3) is 0 Å². The third-order valence-corrected chi connectivity index (χ3v) is 5.45. The molecule has 0 radical (unpaired) electrons. The molecule has 0 bridgehead atoms. The fourth-order valence-electron chi connectivity index (χ4n) is 3.76. The molecule has 25 heavy (non-hydrogen) atoms. The molecule has 3 rings (SSSR count). The van der Waals surface area contributed by atoms with Crippen molar-refractivity contribution in [3.63, 3.8) is 0 Å². The van der Waals surface area contributed by atoms with Gasteiger partial charge in [-0.2, -0.15) is 0 Å². The van der Waals surface area contributed by atoms with Crippen molar-refractivity contribution < 1.29 is 4.79 Å².